The summed E-state index contributed by atoms with van der Waals surface area (Å²) >= 11 is 0. The van der Waals surface area contributed by atoms with Gasteiger partial charge in [0.05, 0.1) is 0 Å². The van der Waals surface area contributed by atoms with Crippen LogP contribution in [0.5, 0.6) is 0 Å². The predicted molar refractivity (Wildman–Crippen MR) is 51.2 cm³/mol. The largest absolute Gasteiger partial charge is 0.352 e. The molecular formula is C10H13N2O. The molecule has 0 aliphatic carbocycles. The summed E-state index contributed by atoms with van der Waals surface area (Å²) in [6, 6.07) is 8.07. The maximum absolute atomic E-state index is 11.4. The third-order valence-corrected chi connectivity index (χ3v) is 1.75. The normalized spacial score (nSPS) is 9.69. The fourth-order valence-electron chi connectivity index (χ4n) is 1.11. The van der Waals surface area contributed by atoms with Crippen LogP contribution in [0.4, 0.5) is 0 Å². The minimum absolute atomic E-state index is 0.0723. The standard InChI is InChI=1S/C10H13N2O/c1-2-12-10(13)9-6-4-3-5-8(9)7-11/h4-6H,2,7,11H2,1H3,(H,12,13). The highest BCUT2D eigenvalue weighted by atomic mass is 16.1. The Balaban J connectivity index is 2.92. The SMILES string of the molecule is CCNC(=O)c1cc[c]cc1CN. The second-order valence-corrected chi connectivity index (χ2v) is 2.65. The molecule has 0 unspecified atom stereocenters. The first-order valence-corrected chi connectivity index (χ1v) is 4.26. The van der Waals surface area contributed by atoms with Crippen LogP contribution in [-0.4, -0.2) is 12.5 Å². The van der Waals surface area contributed by atoms with Crippen molar-refractivity contribution in [1.29, 1.82) is 0 Å². The van der Waals surface area contributed by atoms with Crippen molar-refractivity contribution in [3.8, 4) is 0 Å². The van der Waals surface area contributed by atoms with Gasteiger partial charge in [-0.25, -0.2) is 0 Å². The number of hydrogen-bond donors (Lipinski definition) is 2. The molecular weight excluding hydrogens is 164 g/mol. The van der Waals surface area contributed by atoms with E-state index in [-0.39, 0.29) is 5.91 Å². The third kappa shape index (κ3) is 2.29. The van der Waals surface area contributed by atoms with Crippen molar-refractivity contribution >= 4 is 5.91 Å². The molecule has 0 aliphatic rings. The van der Waals surface area contributed by atoms with E-state index in [1.54, 1.807) is 18.2 Å². The highest BCUT2D eigenvalue weighted by molar-refractivity contribution is 5.95. The Hall–Kier alpha value is -1.35. The van der Waals surface area contributed by atoms with Crippen LogP contribution in [0.1, 0.15) is 22.8 Å². The number of rotatable bonds is 3. The average Bonchev–Trinajstić information content (AvgIpc) is 2.18. The van der Waals surface area contributed by atoms with Crippen molar-refractivity contribution in [2.45, 2.75) is 13.5 Å². The maximum atomic E-state index is 11.4. The van der Waals surface area contributed by atoms with Gasteiger partial charge in [0.25, 0.3) is 5.91 Å². The molecule has 1 amide bonds. The van der Waals surface area contributed by atoms with Crippen molar-refractivity contribution in [1.82, 2.24) is 5.32 Å². The van der Waals surface area contributed by atoms with Gasteiger partial charge < -0.3 is 11.1 Å². The van der Waals surface area contributed by atoms with E-state index < -0.39 is 0 Å². The van der Waals surface area contributed by atoms with Gasteiger partial charge in [-0.1, -0.05) is 6.07 Å². The predicted octanol–water partition coefficient (Wildman–Crippen LogP) is 0.695. The highest BCUT2D eigenvalue weighted by Gasteiger charge is 2.07. The van der Waals surface area contributed by atoms with Crippen molar-refractivity contribution in [2.24, 2.45) is 5.73 Å². The third-order valence-electron chi connectivity index (χ3n) is 1.75. The summed E-state index contributed by atoms with van der Waals surface area (Å²) in [6.07, 6.45) is 0. The van der Waals surface area contributed by atoms with Crippen LogP contribution in [0, 0.1) is 6.07 Å². The van der Waals surface area contributed by atoms with Crippen LogP contribution in [0.15, 0.2) is 18.2 Å². The minimum atomic E-state index is -0.0723. The van der Waals surface area contributed by atoms with Crippen molar-refractivity contribution < 1.29 is 4.79 Å². The molecule has 0 saturated heterocycles. The molecule has 0 atom stereocenters. The quantitative estimate of drug-likeness (QED) is 0.714. The van der Waals surface area contributed by atoms with Crippen LogP contribution in [-0.2, 0) is 6.54 Å². The molecule has 1 aromatic rings. The molecule has 69 valence electrons. The Morgan fingerprint density at radius 1 is 1.69 bits per heavy atom. The van der Waals surface area contributed by atoms with Gasteiger partial charge in [0.15, 0.2) is 0 Å². The molecule has 0 bridgehead atoms. The van der Waals surface area contributed by atoms with Crippen LogP contribution in [0.25, 0.3) is 0 Å². The Kier molecular flexibility index (Phi) is 3.46. The second kappa shape index (κ2) is 4.62. The van der Waals surface area contributed by atoms with E-state index in [0.29, 0.717) is 18.7 Å². The first-order valence-electron chi connectivity index (χ1n) is 4.26. The number of nitrogens with one attached hydrogen (secondary N) is 1. The lowest BCUT2D eigenvalue weighted by Gasteiger charge is -2.06. The molecule has 1 radical (unpaired) electrons. The van der Waals surface area contributed by atoms with Crippen LogP contribution >= 0.6 is 0 Å². The van der Waals surface area contributed by atoms with E-state index in [4.69, 9.17) is 5.73 Å². The molecule has 3 nitrogen and oxygen atoms in total. The summed E-state index contributed by atoms with van der Waals surface area (Å²) in [5, 5.41) is 2.73. The molecule has 13 heavy (non-hydrogen) atoms. The van der Waals surface area contributed by atoms with E-state index in [2.05, 4.69) is 11.4 Å². The van der Waals surface area contributed by atoms with Gasteiger partial charge >= 0.3 is 0 Å². The van der Waals surface area contributed by atoms with Crippen molar-refractivity contribution in [3.05, 3.63) is 35.4 Å². The Bertz CT molecular complexity index is 297. The summed E-state index contributed by atoms with van der Waals surface area (Å²) in [5.41, 5.74) is 6.95. The molecule has 0 aromatic heterocycles. The molecule has 0 saturated carbocycles. The fourth-order valence-corrected chi connectivity index (χ4v) is 1.11. The van der Waals surface area contributed by atoms with Crippen LogP contribution in [0.2, 0.25) is 0 Å². The second-order valence-electron chi connectivity index (χ2n) is 2.65. The number of carbonyl (C=O) groups excluding carboxylic acids is 1. The van der Waals surface area contributed by atoms with Gasteiger partial charge in [0, 0.05) is 18.7 Å². The molecule has 1 aromatic carbocycles. The lowest BCUT2D eigenvalue weighted by molar-refractivity contribution is 0.0955. The monoisotopic (exact) mass is 177 g/mol. The Morgan fingerprint density at radius 3 is 3.08 bits per heavy atom. The molecule has 3 heteroatoms. The van der Waals surface area contributed by atoms with Gasteiger partial charge in [0.1, 0.15) is 0 Å². The number of nitrogens with two attached hydrogens (primary N) is 1. The van der Waals surface area contributed by atoms with Gasteiger partial charge in [-0.15, -0.1) is 0 Å². The molecule has 3 N–H and O–H groups in total. The van der Waals surface area contributed by atoms with E-state index in [1.807, 2.05) is 6.92 Å². The lowest BCUT2D eigenvalue weighted by Crippen LogP contribution is -2.24. The van der Waals surface area contributed by atoms with Crippen molar-refractivity contribution in [3.63, 3.8) is 0 Å². The minimum Gasteiger partial charge on any atom is -0.352 e. The Labute approximate surface area is 77.9 Å². The maximum Gasteiger partial charge on any atom is 0.251 e. The zero-order valence-electron chi connectivity index (χ0n) is 7.63. The first-order chi connectivity index (χ1) is 6.29. The van der Waals surface area contributed by atoms with E-state index in [1.165, 1.54) is 0 Å². The summed E-state index contributed by atoms with van der Waals surface area (Å²) in [4.78, 5) is 11.4. The number of benzene rings is 1. The molecule has 0 fully saturated rings. The van der Waals surface area contributed by atoms with E-state index >= 15 is 0 Å². The zero-order chi connectivity index (χ0) is 9.68. The summed E-state index contributed by atoms with van der Waals surface area (Å²) in [5.74, 6) is -0.0723. The topological polar surface area (TPSA) is 55.1 Å². The van der Waals surface area contributed by atoms with Crippen LogP contribution < -0.4 is 11.1 Å². The average molecular weight is 177 g/mol. The fraction of sp³-hybridized carbons (Fsp3) is 0.300. The molecule has 1 rings (SSSR count). The first kappa shape index (κ1) is 9.74. The smallest absolute Gasteiger partial charge is 0.251 e. The van der Waals surface area contributed by atoms with Gasteiger partial charge in [0.2, 0.25) is 0 Å². The van der Waals surface area contributed by atoms with Crippen LogP contribution in [0.3, 0.4) is 0 Å². The Morgan fingerprint density at radius 2 is 2.46 bits per heavy atom. The van der Waals surface area contributed by atoms with Gasteiger partial charge in [-0.2, -0.15) is 0 Å². The summed E-state index contributed by atoms with van der Waals surface area (Å²) < 4.78 is 0. The summed E-state index contributed by atoms with van der Waals surface area (Å²) in [6.45, 7) is 2.88. The van der Waals surface area contributed by atoms with Crippen molar-refractivity contribution in [2.75, 3.05) is 6.54 Å². The van der Waals surface area contributed by atoms with Gasteiger partial charge in [-0.3, -0.25) is 4.79 Å². The van der Waals surface area contributed by atoms with E-state index in [0.717, 1.165) is 5.56 Å². The number of hydrogen-bond acceptors (Lipinski definition) is 2. The van der Waals surface area contributed by atoms with Gasteiger partial charge in [-0.05, 0) is 30.7 Å². The zero-order valence-corrected chi connectivity index (χ0v) is 7.63. The summed E-state index contributed by atoms with van der Waals surface area (Å²) in [7, 11) is 0. The molecule has 0 heterocycles. The van der Waals surface area contributed by atoms with E-state index in [9.17, 15) is 4.79 Å². The molecule has 0 aliphatic heterocycles. The number of carbonyl (C=O) groups is 1. The number of amides is 1. The molecule has 0 spiro atoms. The highest BCUT2D eigenvalue weighted by Crippen LogP contribution is 2.06. The lowest BCUT2D eigenvalue weighted by atomic mass is 10.1.